The number of methoxy groups -OCH3 is 1. The highest BCUT2D eigenvalue weighted by Crippen LogP contribution is 2.24. The number of carbonyl (C=O) groups excluding carboxylic acids is 1. The number of likely N-dealkylation sites (tertiary alicyclic amines) is 1. The summed E-state index contributed by atoms with van der Waals surface area (Å²) in [5, 5.41) is 10.3. The van der Waals surface area contributed by atoms with E-state index in [0.29, 0.717) is 38.5 Å². The minimum atomic E-state index is -0.669. The third-order valence-corrected chi connectivity index (χ3v) is 4.21. The van der Waals surface area contributed by atoms with Gasteiger partial charge in [-0.25, -0.2) is 0 Å². The number of carbonyl (C=O) groups is 1. The first kappa shape index (κ1) is 17.8. The number of aliphatic hydroxyl groups is 1. The minimum Gasteiger partial charge on any atom is -0.488 e. The lowest BCUT2D eigenvalue weighted by Crippen LogP contribution is -2.51. The van der Waals surface area contributed by atoms with Gasteiger partial charge in [-0.2, -0.15) is 0 Å². The predicted molar refractivity (Wildman–Crippen MR) is 88.6 cm³/mol. The fraction of sp³-hybridized carbons (Fsp3) is 0.611. The van der Waals surface area contributed by atoms with E-state index in [2.05, 4.69) is 19.9 Å². The zero-order chi connectivity index (χ0) is 16.8. The molecule has 1 heterocycles. The minimum absolute atomic E-state index is 0.0196. The summed E-state index contributed by atoms with van der Waals surface area (Å²) in [5.41, 5.74) is 1.21. The molecule has 2 atom stereocenters. The fourth-order valence-corrected chi connectivity index (χ4v) is 2.74. The lowest BCUT2D eigenvalue weighted by molar-refractivity contribution is -0.137. The van der Waals surface area contributed by atoms with Crippen molar-refractivity contribution in [3.8, 4) is 5.75 Å². The molecule has 0 bridgehead atoms. The molecule has 5 heteroatoms. The van der Waals surface area contributed by atoms with Crippen LogP contribution in [0.15, 0.2) is 24.3 Å². The molecular formula is C18H27NO4. The lowest BCUT2D eigenvalue weighted by atomic mass is 10.0. The molecule has 128 valence electrons. The molecule has 1 aliphatic rings. The topological polar surface area (TPSA) is 59.0 Å². The van der Waals surface area contributed by atoms with Crippen molar-refractivity contribution in [2.75, 3.05) is 26.8 Å². The van der Waals surface area contributed by atoms with E-state index in [1.165, 1.54) is 5.56 Å². The highest BCUT2D eigenvalue weighted by Gasteiger charge is 2.31. The van der Waals surface area contributed by atoms with Crippen molar-refractivity contribution in [2.24, 2.45) is 0 Å². The first-order valence-electron chi connectivity index (χ1n) is 8.22. The van der Waals surface area contributed by atoms with E-state index < -0.39 is 6.10 Å². The summed E-state index contributed by atoms with van der Waals surface area (Å²) >= 11 is 0. The van der Waals surface area contributed by atoms with Crippen molar-refractivity contribution in [3.05, 3.63) is 29.8 Å². The van der Waals surface area contributed by atoms with E-state index in [1.807, 2.05) is 18.2 Å². The number of amides is 1. The molecule has 0 aromatic heterocycles. The second-order valence-electron chi connectivity index (χ2n) is 6.32. The van der Waals surface area contributed by atoms with Crippen LogP contribution in [0.2, 0.25) is 0 Å². The second kappa shape index (κ2) is 8.31. The van der Waals surface area contributed by atoms with E-state index in [4.69, 9.17) is 9.47 Å². The summed E-state index contributed by atoms with van der Waals surface area (Å²) in [6, 6.07) is 7.98. The summed E-state index contributed by atoms with van der Waals surface area (Å²) in [4.78, 5) is 13.7. The average Bonchev–Trinajstić information content (AvgIpc) is 2.54. The summed E-state index contributed by atoms with van der Waals surface area (Å²) in [7, 11) is 1.58. The molecule has 1 aliphatic heterocycles. The maximum atomic E-state index is 12.0. The van der Waals surface area contributed by atoms with Gasteiger partial charge in [0.2, 0.25) is 5.91 Å². The highest BCUT2D eigenvalue weighted by atomic mass is 16.5. The van der Waals surface area contributed by atoms with Gasteiger partial charge in [-0.05, 0) is 23.6 Å². The van der Waals surface area contributed by atoms with Crippen molar-refractivity contribution in [3.63, 3.8) is 0 Å². The van der Waals surface area contributed by atoms with Gasteiger partial charge in [0.15, 0.2) is 0 Å². The van der Waals surface area contributed by atoms with Gasteiger partial charge in [-0.3, -0.25) is 4.79 Å². The maximum absolute atomic E-state index is 12.0. The molecule has 1 aromatic carbocycles. The van der Waals surface area contributed by atoms with Gasteiger partial charge in [0.25, 0.3) is 0 Å². The van der Waals surface area contributed by atoms with E-state index in [9.17, 15) is 9.90 Å². The number of hydrogen-bond donors (Lipinski definition) is 1. The molecule has 1 aromatic rings. The Morgan fingerprint density at radius 3 is 2.87 bits per heavy atom. The number of rotatable bonds is 6. The van der Waals surface area contributed by atoms with Crippen molar-refractivity contribution >= 4 is 5.91 Å². The van der Waals surface area contributed by atoms with Crippen LogP contribution in [0.3, 0.4) is 0 Å². The number of benzene rings is 1. The van der Waals surface area contributed by atoms with Crippen molar-refractivity contribution < 1.29 is 19.4 Å². The van der Waals surface area contributed by atoms with Gasteiger partial charge >= 0.3 is 0 Å². The Bertz CT molecular complexity index is 517. The molecule has 0 saturated carbocycles. The Morgan fingerprint density at radius 2 is 2.22 bits per heavy atom. The summed E-state index contributed by atoms with van der Waals surface area (Å²) in [6.07, 6.45) is 0.0404. The zero-order valence-corrected chi connectivity index (χ0v) is 14.2. The van der Waals surface area contributed by atoms with E-state index in [0.717, 1.165) is 5.75 Å². The second-order valence-corrected chi connectivity index (χ2v) is 6.32. The van der Waals surface area contributed by atoms with Gasteiger partial charge < -0.3 is 19.5 Å². The molecule has 1 N–H and O–H groups in total. The zero-order valence-electron chi connectivity index (χ0n) is 14.2. The smallest absolute Gasteiger partial charge is 0.224 e. The molecule has 0 spiro atoms. The van der Waals surface area contributed by atoms with Crippen LogP contribution in [0.1, 0.15) is 38.2 Å². The molecule has 2 rings (SSSR count). The molecule has 5 nitrogen and oxygen atoms in total. The van der Waals surface area contributed by atoms with Gasteiger partial charge in [-0.15, -0.1) is 0 Å². The van der Waals surface area contributed by atoms with E-state index in [-0.39, 0.29) is 12.0 Å². The largest absolute Gasteiger partial charge is 0.488 e. The molecule has 0 radical (unpaired) electrons. The number of piperidine rings is 1. The fourth-order valence-electron chi connectivity index (χ4n) is 2.74. The standard InChI is InChI=1S/C18H27NO4/c1-13(2)14-5-4-6-15(11-14)23-17-7-9-19(12-16(17)20)18(21)8-10-22-3/h4-6,11,13,16-17,20H,7-10,12H2,1-3H3/t16-,17-/m1/s1. The van der Waals surface area contributed by atoms with Crippen LogP contribution < -0.4 is 4.74 Å². The SMILES string of the molecule is COCCC(=O)N1CC[C@@H](Oc2cccc(C(C)C)c2)[C@H](O)C1. The Morgan fingerprint density at radius 1 is 1.43 bits per heavy atom. The molecule has 0 aliphatic carbocycles. The van der Waals surface area contributed by atoms with Crippen LogP contribution in [0, 0.1) is 0 Å². The Hall–Kier alpha value is -1.59. The first-order valence-corrected chi connectivity index (χ1v) is 8.22. The van der Waals surface area contributed by atoms with Crippen molar-refractivity contribution in [2.45, 2.75) is 44.8 Å². The molecule has 0 unspecified atom stereocenters. The number of nitrogens with zero attached hydrogens (tertiary/aromatic N) is 1. The number of β-amino-alcohol motifs (C(OH)–C–C–N with tert-alkyl or cyclic N) is 1. The number of hydrogen-bond acceptors (Lipinski definition) is 4. The van der Waals surface area contributed by atoms with Crippen LogP contribution in [-0.4, -0.2) is 54.9 Å². The number of ether oxygens (including phenoxy) is 2. The van der Waals surface area contributed by atoms with Crippen LogP contribution in [0.5, 0.6) is 5.75 Å². The monoisotopic (exact) mass is 321 g/mol. The summed E-state index contributed by atoms with van der Waals surface area (Å²) in [6.45, 7) is 5.61. The molecular weight excluding hydrogens is 294 g/mol. The van der Waals surface area contributed by atoms with Crippen molar-refractivity contribution in [1.82, 2.24) is 4.90 Å². The predicted octanol–water partition coefficient (Wildman–Crippen LogP) is 2.19. The van der Waals surface area contributed by atoms with Crippen LogP contribution >= 0.6 is 0 Å². The number of aliphatic hydroxyl groups excluding tert-OH is 1. The molecule has 1 saturated heterocycles. The molecule has 1 fully saturated rings. The Labute approximate surface area is 138 Å². The Kier molecular flexibility index (Phi) is 6.42. The van der Waals surface area contributed by atoms with Gasteiger partial charge in [0.05, 0.1) is 19.6 Å². The normalized spacial score (nSPS) is 21.5. The third-order valence-electron chi connectivity index (χ3n) is 4.21. The van der Waals surface area contributed by atoms with E-state index in [1.54, 1.807) is 12.0 Å². The third kappa shape index (κ3) is 4.94. The van der Waals surface area contributed by atoms with Gasteiger partial charge in [0.1, 0.15) is 18.0 Å². The van der Waals surface area contributed by atoms with Crippen LogP contribution in [-0.2, 0) is 9.53 Å². The maximum Gasteiger partial charge on any atom is 0.224 e. The van der Waals surface area contributed by atoms with Crippen molar-refractivity contribution in [1.29, 1.82) is 0 Å². The summed E-state index contributed by atoms with van der Waals surface area (Å²) in [5.74, 6) is 1.23. The summed E-state index contributed by atoms with van der Waals surface area (Å²) < 4.78 is 10.9. The van der Waals surface area contributed by atoms with Gasteiger partial charge in [-0.1, -0.05) is 26.0 Å². The quantitative estimate of drug-likeness (QED) is 0.872. The lowest BCUT2D eigenvalue weighted by Gasteiger charge is -2.36. The molecule has 23 heavy (non-hydrogen) atoms. The Balaban J connectivity index is 1.91. The van der Waals surface area contributed by atoms with Crippen LogP contribution in [0.4, 0.5) is 0 Å². The first-order chi connectivity index (χ1) is 11.0. The molecule has 1 amide bonds. The average molecular weight is 321 g/mol. The highest BCUT2D eigenvalue weighted by molar-refractivity contribution is 5.76. The van der Waals surface area contributed by atoms with Gasteiger partial charge in [0, 0.05) is 20.1 Å². The van der Waals surface area contributed by atoms with E-state index >= 15 is 0 Å². The van der Waals surface area contributed by atoms with Crippen LogP contribution in [0.25, 0.3) is 0 Å².